The highest BCUT2D eigenvalue weighted by atomic mass is 15.3. The van der Waals surface area contributed by atoms with Crippen LogP contribution in [0.4, 0.5) is 0 Å². The number of nitrogens with zero attached hydrogens (tertiary/aromatic N) is 5. The zero-order valence-corrected chi connectivity index (χ0v) is 23.5. The Morgan fingerprint density at radius 2 is 1.05 bits per heavy atom. The van der Waals surface area contributed by atoms with Crippen LogP contribution in [-0.2, 0) is 0 Å². The van der Waals surface area contributed by atoms with Gasteiger partial charge in [-0.15, -0.1) is 0 Å². The molecule has 208 valence electrons. The molecule has 44 heavy (non-hydrogen) atoms. The normalized spacial score (nSPS) is 12.4. The molecule has 7 heteroatoms. The Balaban J connectivity index is 1.41. The van der Waals surface area contributed by atoms with Crippen molar-refractivity contribution in [3.63, 3.8) is 0 Å². The first-order chi connectivity index (χ1) is 21.8. The maximum Gasteiger partial charge on any atom is 0.238 e. The summed E-state index contributed by atoms with van der Waals surface area (Å²) in [5.41, 5.74) is 12.6. The van der Waals surface area contributed by atoms with E-state index in [1.165, 1.54) is 10.8 Å². The van der Waals surface area contributed by atoms with E-state index in [4.69, 9.17) is 15.0 Å². The van der Waals surface area contributed by atoms with Crippen LogP contribution in [0.2, 0.25) is 0 Å². The third kappa shape index (κ3) is 3.73. The number of hydrogen-bond donors (Lipinski definition) is 2. The van der Waals surface area contributed by atoms with Gasteiger partial charge in [0, 0.05) is 50.6 Å². The molecule has 0 unspecified atom stereocenters. The second-order valence-electron chi connectivity index (χ2n) is 10.8. The Bertz CT molecular complexity index is 2420. The van der Waals surface area contributed by atoms with Gasteiger partial charge in [-0.2, -0.15) is 9.97 Å². The van der Waals surface area contributed by atoms with Crippen molar-refractivity contribution in [2.45, 2.75) is 0 Å². The molecule has 0 amide bonds. The van der Waals surface area contributed by atoms with Gasteiger partial charge < -0.3 is 15.4 Å². The van der Waals surface area contributed by atoms with E-state index in [9.17, 15) is 0 Å². The van der Waals surface area contributed by atoms with Gasteiger partial charge in [-0.05, 0) is 30.3 Å². The fourth-order valence-corrected chi connectivity index (χ4v) is 6.28. The molecule has 1 aliphatic heterocycles. The van der Waals surface area contributed by atoms with Gasteiger partial charge >= 0.3 is 0 Å². The molecular formula is C37H25N7. The molecule has 1 aliphatic rings. The van der Waals surface area contributed by atoms with Gasteiger partial charge in [0.25, 0.3) is 0 Å². The smallest absolute Gasteiger partial charge is 0.238 e. The van der Waals surface area contributed by atoms with E-state index < -0.39 is 0 Å². The number of nitrogens with one attached hydrogen (secondary N) is 2. The van der Waals surface area contributed by atoms with Gasteiger partial charge in [0.1, 0.15) is 0 Å². The topological polar surface area (TPSA) is 72.6 Å². The average Bonchev–Trinajstić information content (AvgIpc) is 3.60. The fourth-order valence-electron chi connectivity index (χ4n) is 6.28. The minimum Gasteiger partial charge on any atom is -0.309 e. The van der Waals surface area contributed by atoms with Gasteiger partial charge in [-0.3, -0.25) is 4.57 Å². The van der Waals surface area contributed by atoms with Crippen molar-refractivity contribution in [3.05, 3.63) is 138 Å². The van der Waals surface area contributed by atoms with Gasteiger partial charge in [0.2, 0.25) is 5.95 Å². The molecule has 0 saturated carbocycles. The van der Waals surface area contributed by atoms with Gasteiger partial charge in [-0.25, -0.2) is 4.98 Å². The minimum atomic E-state index is 0.555. The van der Waals surface area contributed by atoms with Crippen molar-refractivity contribution in [2.24, 2.45) is 0 Å². The first-order valence-corrected chi connectivity index (χ1v) is 14.6. The lowest BCUT2D eigenvalue weighted by Gasteiger charge is -2.11. The van der Waals surface area contributed by atoms with Crippen LogP contribution < -0.4 is 21.4 Å². The summed E-state index contributed by atoms with van der Waals surface area (Å²) in [4.78, 5) is 15.1. The van der Waals surface area contributed by atoms with Crippen LogP contribution in [-0.4, -0.2) is 24.1 Å². The maximum absolute atomic E-state index is 5.09. The number of benzene rings is 5. The molecule has 0 spiro atoms. The van der Waals surface area contributed by atoms with Crippen LogP contribution >= 0.6 is 0 Å². The lowest BCUT2D eigenvalue weighted by atomic mass is 10.1. The molecule has 2 N–H and O–H groups in total. The number of aromatic nitrogens is 5. The molecule has 8 aromatic rings. The summed E-state index contributed by atoms with van der Waals surface area (Å²) in [5, 5.41) is 5.54. The second-order valence-corrected chi connectivity index (χ2v) is 10.8. The summed E-state index contributed by atoms with van der Waals surface area (Å²) >= 11 is 0. The van der Waals surface area contributed by atoms with Crippen molar-refractivity contribution >= 4 is 45.1 Å². The molecule has 3 aromatic heterocycles. The highest BCUT2D eigenvalue weighted by Gasteiger charge is 2.20. The average molecular weight is 568 g/mol. The van der Waals surface area contributed by atoms with Crippen LogP contribution in [0.3, 0.4) is 0 Å². The molecule has 9 rings (SSSR count). The van der Waals surface area contributed by atoms with E-state index in [0.717, 1.165) is 49.3 Å². The predicted octanol–water partition coefficient (Wildman–Crippen LogP) is 5.83. The summed E-state index contributed by atoms with van der Waals surface area (Å²) in [7, 11) is 0. The highest BCUT2D eigenvalue weighted by Crippen LogP contribution is 2.34. The molecular weight excluding hydrogens is 542 g/mol. The number of hydrazine groups is 1. The number of hydrogen-bond acceptors (Lipinski definition) is 5. The van der Waals surface area contributed by atoms with Crippen LogP contribution in [0, 0.1) is 0 Å². The van der Waals surface area contributed by atoms with Crippen molar-refractivity contribution in [2.75, 3.05) is 0 Å². The number of fused-ring (bicyclic) bond motifs is 6. The van der Waals surface area contributed by atoms with Crippen molar-refractivity contribution in [1.29, 1.82) is 0 Å². The minimum absolute atomic E-state index is 0.555. The monoisotopic (exact) mass is 567 g/mol. The van der Waals surface area contributed by atoms with E-state index in [0.29, 0.717) is 17.6 Å². The van der Waals surface area contributed by atoms with Gasteiger partial charge in [0.05, 0.1) is 21.9 Å². The molecule has 0 fully saturated rings. The third-order valence-electron chi connectivity index (χ3n) is 8.25. The maximum atomic E-state index is 5.09. The second kappa shape index (κ2) is 9.68. The molecule has 4 heterocycles. The molecule has 0 atom stereocenters. The van der Waals surface area contributed by atoms with E-state index in [-0.39, 0.29) is 0 Å². The number of para-hydroxylation sites is 2. The molecule has 5 aromatic carbocycles. The van der Waals surface area contributed by atoms with Crippen LogP contribution in [0.25, 0.3) is 79.5 Å². The Morgan fingerprint density at radius 1 is 0.455 bits per heavy atom. The molecule has 0 aliphatic carbocycles. The van der Waals surface area contributed by atoms with Gasteiger partial charge in [-0.1, -0.05) is 97.1 Å². The Kier molecular flexibility index (Phi) is 5.36. The Hall–Kier alpha value is -6.21. The van der Waals surface area contributed by atoms with Crippen LogP contribution in [0.15, 0.2) is 127 Å². The lowest BCUT2D eigenvalue weighted by Crippen LogP contribution is -2.41. The molecule has 0 saturated heterocycles. The lowest BCUT2D eigenvalue weighted by molar-refractivity contribution is 0.823. The standard InChI is InChI=1S/C37H25N7/c1-4-12-24(13-5-1)35-40-36(25-14-6-2-7-15-25)42-37(41-35)44-33-21-32-28(20-29(33)30-22-38-39-23-34(30)44)27-18-10-11-19-31(27)43(32)26-16-8-3-9-17-26/h1-23,38-39H. The third-order valence-corrected chi connectivity index (χ3v) is 8.25. The van der Waals surface area contributed by atoms with Crippen LogP contribution in [0.5, 0.6) is 0 Å². The van der Waals surface area contributed by atoms with E-state index in [1.54, 1.807) is 0 Å². The first-order valence-electron chi connectivity index (χ1n) is 14.6. The molecule has 0 bridgehead atoms. The highest BCUT2D eigenvalue weighted by molar-refractivity contribution is 6.13. The molecule has 0 radical (unpaired) electrons. The van der Waals surface area contributed by atoms with E-state index in [2.05, 4.69) is 86.7 Å². The van der Waals surface area contributed by atoms with E-state index >= 15 is 0 Å². The van der Waals surface area contributed by atoms with E-state index in [1.807, 2.05) is 73.1 Å². The van der Waals surface area contributed by atoms with Crippen molar-refractivity contribution < 1.29 is 0 Å². The zero-order valence-electron chi connectivity index (χ0n) is 23.5. The van der Waals surface area contributed by atoms with Gasteiger partial charge in [0.15, 0.2) is 11.6 Å². The summed E-state index contributed by atoms with van der Waals surface area (Å²) in [5.74, 6) is 1.80. The largest absolute Gasteiger partial charge is 0.309 e. The zero-order chi connectivity index (χ0) is 29.0. The quantitative estimate of drug-likeness (QED) is 0.280. The Labute approximate surface area is 252 Å². The van der Waals surface area contributed by atoms with Crippen LogP contribution in [0.1, 0.15) is 0 Å². The van der Waals surface area contributed by atoms with Crippen molar-refractivity contribution in [1.82, 2.24) is 34.9 Å². The number of rotatable bonds is 4. The van der Waals surface area contributed by atoms with Crippen molar-refractivity contribution in [3.8, 4) is 34.4 Å². The summed E-state index contributed by atoms with van der Waals surface area (Å²) in [6, 6.07) is 43.8. The summed E-state index contributed by atoms with van der Waals surface area (Å²) < 4.78 is 4.48. The SMILES string of the molecule is C1=c2c(n(-c3nc(-c4ccccc4)nc(-c4ccccc4)n3)c3cc4c(cc23)c2ccccc2n4-c2ccccc2)=CNN1. The molecule has 7 nitrogen and oxygen atoms in total. The summed E-state index contributed by atoms with van der Waals surface area (Å²) in [6.07, 6.45) is 3.98. The fraction of sp³-hybridized carbons (Fsp3) is 0. The first kappa shape index (κ1) is 24.4. The predicted molar refractivity (Wildman–Crippen MR) is 176 cm³/mol. The Morgan fingerprint density at radius 3 is 1.75 bits per heavy atom. The summed E-state index contributed by atoms with van der Waals surface area (Å²) in [6.45, 7) is 0.